The van der Waals surface area contributed by atoms with Crippen molar-refractivity contribution in [1.29, 1.82) is 0 Å². The number of hydrazone groups is 2. The molecule has 0 amide bonds. The Labute approximate surface area is 269 Å². The zero-order chi connectivity index (χ0) is 34.3. The van der Waals surface area contributed by atoms with E-state index in [1.165, 1.54) is 35.3 Å². The second kappa shape index (κ2) is 14.2. The number of rotatable bonds is 7. The molecule has 2 heterocycles. The van der Waals surface area contributed by atoms with Gasteiger partial charge in [-0.05, 0) is 38.1 Å². The van der Waals surface area contributed by atoms with Crippen LogP contribution >= 0.6 is 0 Å². The van der Waals surface area contributed by atoms with Gasteiger partial charge >= 0.3 is 0 Å². The molecule has 0 bridgehead atoms. The third-order valence-corrected chi connectivity index (χ3v) is 8.92. The van der Waals surface area contributed by atoms with E-state index in [1.54, 1.807) is 36.5 Å². The van der Waals surface area contributed by atoms with Crippen LogP contribution in [0.25, 0.3) is 0 Å². The van der Waals surface area contributed by atoms with Crippen molar-refractivity contribution in [2.24, 2.45) is 31.0 Å². The number of nitrogens with one attached hydrogen (secondary N) is 2. The number of sulfonamides is 2. The number of hydrogen-bond donors (Lipinski definition) is 3. The quantitative estimate of drug-likeness (QED) is 0.129. The van der Waals surface area contributed by atoms with Crippen molar-refractivity contribution in [3.63, 3.8) is 0 Å². The largest absolute Gasteiger partial charge is 0.399 e. The van der Waals surface area contributed by atoms with Gasteiger partial charge in [-0.1, -0.05) is 39.8 Å². The molecule has 0 radical (unpaired) electrons. The van der Waals surface area contributed by atoms with Crippen LogP contribution in [0.2, 0.25) is 0 Å². The van der Waals surface area contributed by atoms with E-state index in [0.717, 1.165) is 6.07 Å². The molecule has 2 aliphatic rings. The summed E-state index contributed by atoms with van der Waals surface area (Å²) < 4.78 is 54.8. The normalized spacial score (nSPS) is 17.4. The van der Waals surface area contributed by atoms with Crippen LogP contribution in [-0.2, 0) is 20.0 Å². The van der Waals surface area contributed by atoms with E-state index in [4.69, 9.17) is 5.73 Å². The fourth-order valence-corrected chi connectivity index (χ4v) is 6.22. The molecule has 0 fully saturated rings. The second-order valence-corrected chi connectivity index (χ2v) is 15.1. The van der Waals surface area contributed by atoms with Gasteiger partial charge < -0.3 is 5.73 Å². The first-order chi connectivity index (χ1) is 21.4. The molecule has 4 rings (SSSR count). The molecule has 16 nitrogen and oxygen atoms in total. The van der Waals surface area contributed by atoms with Crippen LogP contribution in [0, 0.1) is 20.9 Å². The molecule has 2 aromatic carbocycles. The summed E-state index contributed by atoms with van der Waals surface area (Å²) in [5.74, 6) is 0.303. The van der Waals surface area contributed by atoms with Crippen LogP contribution < -0.4 is 15.2 Å². The molecule has 0 unspecified atom stereocenters. The first-order valence-corrected chi connectivity index (χ1v) is 17.2. The minimum atomic E-state index is -4.01. The number of aliphatic imine (C=N–C) groups is 2. The fraction of sp³-hybridized carbons (Fsp3) is 0.429. The monoisotopic (exact) mass is 676 g/mol. The predicted molar refractivity (Wildman–Crippen MR) is 179 cm³/mol. The van der Waals surface area contributed by atoms with Gasteiger partial charge in [0.2, 0.25) is 11.9 Å². The molecule has 18 heteroatoms. The van der Waals surface area contributed by atoms with Crippen molar-refractivity contribution >= 4 is 55.8 Å². The van der Waals surface area contributed by atoms with Gasteiger partial charge in [0.05, 0.1) is 27.8 Å². The summed E-state index contributed by atoms with van der Waals surface area (Å²) in [5, 5.41) is 22.3. The van der Waals surface area contributed by atoms with E-state index in [1.807, 2.05) is 34.6 Å². The number of anilines is 1. The molecule has 46 heavy (non-hydrogen) atoms. The Kier molecular flexibility index (Phi) is 11.1. The first kappa shape index (κ1) is 35.9. The van der Waals surface area contributed by atoms with Crippen LogP contribution in [0.15, 0.2) is 78.5 Å². The Bertz CT molecular complexity index is 1770. The molecule has 0 atom stereocenters. The minimum absolute atomic E-state index is 0.0887. The Morgan fingerprint density at radius 3 is 1.65 bits per heavy atom. The summed E-state index contributed by atoms with van der Waals surface area (Å²) in [6, 6.07) is 11.0. The maximum absolute atomic E-state index is 12.5. The number of hydrogen-bond acceptors (Lipinski definition) is 11. The van der Waals surface area contributed by atoms with Gasteiger partial charge in [-0.2, -0.15) is 10.2 Å². The number of nitro benzene ring substituents is 1. The van der Waals surface area contributed by atoms with Crippen molar-refractivity contribution in [2.45, 2.75) is 51.3 Å². The number of nitro groups is 1. The molecule has 2 aromatic rings. The molecular weight excluding hydrogens is 637 g/mol. The molecule has 250 valence electrons. The van der Waals surface area contributed by atoms with Gasteiger partial charge in [0.1, 0.15) is 0 Å². The fourth-order valence-electron chi connectivity index (χ4n) is 4.08. The van der Waals surface area contributed by atoms with Gasteiger partial charge in [-0.25, -0.2) is 36.3 Å². The molecule has 0 aromatic heterocycles. The van der Waals surface area contributed by atoms with Gasteiger partial charge in [0.15, 0.2) is 0 Å². The van der Waals surface area contributed by atoms with Crippen LogP contribution in [0.4, 0.5) is 11.4 Å². The molecule has 0 spiro atoms. The summed E-state index contributed by atoms with van der Waals surface area (Å²) in [4.78, 5) is 18.4. The van der Waals surface area contributed by atoms with E-state index in [9.17, 15) is 26.9 Å². The lowest BCUT2D eigenvalue weighted by Crippen LogP contribution is -2.42. The molecule has 0 saturated heterocycles. The Morgan fingerprint density at radius 2 is 1.28 bits per heavy atom. The maximum Gasteiger partial charge on any atom is 0.270 e. The summed E-state index contributed by atoms with van der Waals surface area (Å²) >= 11 is 0. The topological polar surface area (TPSA) is 217 Å². The van der Waals surface area contributed by atoms with E-state index in [2.05, 4.69) is 29.6 Å². The highest BCUT2D eigenvalue weighted by atomic mass is 32.2. The van der Waals surface area contributed by atoms with Crippen molar-refractivity contribution in [3.8, 4) is 0 Å². The standard InChI is InChI=1S/C14H19N5O4S.C14H21N5O2S/c1-4-15-13(18-10-14(2,3)9-16-18)17-24(22,23)12-7-5-6-11(8-12)19(20)21;1-4-16-13(19-10-14(2,3)9-17-19)18-22(20,21)12-7-5-6-11(15)8-12/h5-9H,4,10H2,1-3H3,(H,15,17);5-9H,4,10,15H2,1-3H3,(H,16,18). The SMILES string of the molecule is CCN=C(NS(=O)(=O)c1cccc(N)c1)N1CC(C)(C)C=N1.CCN=C(NS(=O)(=O)c1cccc([N+](=O)[O-])c1)N1CC(C)(C)C=N1. The number of nitrogens with zero attached hydrogens (tertiary/aromatic N) is 7. The summed E-state index contributed by atoms with van der Waals surface area (Å²) in [7, 11) is -7.77. The number of non-ortho nitro benzene ring substituents is 1. The van der Waals surface area contributed by atoms with Crippen molar-refractivity contribution in [3.05, 3.63) is 58.6 Å². The van der Waals surface area contributed by atoms with Crippen molar-refractivity contribution in [1.82, 2.24) is 19.5 Å². The number of benzene rings is 2. The van der Waals surface area contributed by atoms with E-state index in [0.29, 0.717) is 31.9 Å². The average molecular weight is 677 g/mol. The summed E-state index contributed by atoms with van der Waals surface area (Å²) in [6.45, 7) is 13.4. The van der Waals surface area contributed by atoms with Gasteiger partial charge in [-0.15, -0.1) is 0 Å². The Morgan fingerprint density at radius 1 is 0.848 bits per heavy atom. The molecule has 0 saturated carbocycles. The number of nitrogen functional groups attached to an aromatic ring is 1. The Hall–Kier alpha value is -4.58. The van der Waals surface area contributed by atoms with Crippen LogP contribution in [0.1, 0.15) is 41.5 Å². The molecular formula is C28H40N10O6S2. The Balaban J connectivity index is 0.000000251. The van der Waals surface area contributed by atoms with Crippen LogP contribution in [-0.4, -0.2) is 82.3 Å². The van der Waals surface area contributed by atoms with Gasteiger partial charge in [-0.3, -0.25) is 20.1 Å². The second-order valence-electron chi connectivity index (χ2n) is 11.7. The van der Waals surface area contributed by atoms with Gasteiger partial charge in [0.25, 0.3) is 25.7 Å². The van der Waals surface area contributed by atoms with E-state index in [-0.39, 0.29) is 38.2 Å². The van der Waals surface area contributed by atoms with Crippen LogP contribution in [0.5, 0.6) is 0 Å². The van der Waals surface area contributed by atoms with Crippen LogP contribution in [0.3, 0.4) is 0 Å². The smallest absolute Gasteiger partial charge is 0.270 e. The van der Waals surface area contributed by atoms with Crippen molar-refractivity contribution in [2.75, 3.05) is 31.9 Å². The third-order valence-electron chi connectivity index (χ3n) is 6.27. The maximum atomic E-state index is 12.5. The first-order valence-electron chi connectivity index (χ1n) is 14.3. The summed E-state index contributed by atoms with van der Waals surface area (Å²) in [6.07, 6.45) is 3.51. The van der Waals surface area contributed by atoms with E-state index < -0.39 is 25.0 Å². The third kappa shape index (κ3) is 9.71. The lowest BCUT2D eigenvalue weighted by atomic mass is 9.97. The van der Waals surface area contributed by atoms with Gasteiger partial charge in [0, 0.05) is 54.2 Å². The highest BCUT2D eigenvalue weighted by molar-refractivity contribution is 7.90. The van der Waals surface area contributed by atoms with Crippen molar-refractivity contribution < 1.29 is 21.8 Å². The molecule has 0 aliphatic carbocycles. The number of guanidine groups is 2. The average Bonchev–Trinajstić information content (AvgIpc) is 3.53. The predicted octanol–water partition coefficient (Wildman–Crippen LogP) is 2.83. The summed E-state index contributed by atoms with van der Waals surface area (Å²) in [5.41, 5.74) is 5.40. The lowest BCUT2D eigenvalue weighted by Gasteiger charge is -2.21. The zero-order valence-corrected chi connectivity index (χ0v) is 28.2. The molecule has 2 aliphatic heterocycles. The highest BCUT2D eigenvalue weighted by Crippen LogP contribution is 2.23. The van der Waals surface area contributed by atoms with E-state index >= 15 is 0 Å². The molecule has 4 N–H and O–H groups in total. The highest BCUT2D eigenvalue weighted by Gasteiger charge is 2.31. The number of nitrogens with two attached hydrogens (primary N) is 1. The zero-order valence-electron chi connectivity index (χ0n) is 26.6. The lowest BCUT2D eigenvalue weighted by molar-refractivity contribution is -0.385. The minimum Gasteiger partial charge on any atom is -0.399 e.